The molecule has 0 radical (unpaired) electrons. The zero-order valence-corrected chi connectivity index (χ0v) is 7.50. The van der Waals surface area contributed by atoms with Crippen molar-refractivity contribution in [3.63, 3.8) is 0 Å². The first-order chi connectivity index (χ1) is 5.74. The zero-order valence-electron chi connectivity index (χ0n) is 7.50. The molecule has 1 rings (SSSR count). The van der Waals surface area contributed by atoms with Gasteiger partial charge in [0.05, 0.1) is 13.2 Å². The topological polar surface area (TPSA) is 47.6 Å². The Hall–Kier alpha value is -0.610. The van der Waals surface area contributed by atoms with Crippen molar-refractivity contribution in [2.45, 2.75) is 26.0 Å². The summed E-state index contributed by atoms with van der Waals surface area (Å²) in [6, 6.07) is 0.329. The smallest absolute Gasteiger partial charge is 0.336 e. The van der Waals surface area contributed by atoms with Crippen molar-refractivity contribution in [2.75, 3.05) is 19.8 Å². The fourth-order valence-corrected chi connectivity index (χ4v) is 1.07. The van der Waals surface area contributed by atoms with Crippen LogP contribution in [0.4, 0.5) is 0 Å². The maximum absolute atomic E-state index is 11.1. The van der Waals surface area contributed by atoms with Gasteiger partial charge in [-0.1, -0.05) is 0 Å². The van der Waals surface area contributed by atoms with Crippen molar-refractivity contribution in [2.24, 2.45) is 0 Å². The molecule has 0 aromatic carbocycles. The van der Waals surface area contributed by atoms with Crippen LogP contribution in [0.25, 0.3) is 0 Å². The fourth-order valence-electron chi connectivity index (χ4n) is 1.07. The highest BCUT2D eigenvalue weighted by Crippen LogP contribution is 2.02. The minimum atomic E-state index is -0.416. The molecule has 1 heterocycles. The largest absolute Gasteiger partial charge is 0.464 e. The highest BCUT2D eigenvalue weighted by Gasteiger charge is 2.25. The lowest BCUT2D eigenvalue weighted by Gasteiger charge is -2.26. The monoisotopic (exact) mass is 173 g/mol. The van der Waals surface area contributed by atoms with Gasteiger partial charge in [-0.15, -0.1) is 0 Å². The first-order valence-corrected chi connectivity index (χ1v) is 4.25. The van der Waals surface area contributed by atoms with Gasteiger partial charge in [0, 0.05) is 12.6 Å². The van der Waals surface area contributed by atoms with E-state index in [0.29, 0.717) is 25.8 Å². The van der Waals surface area contributed by atoms with E-state index in [2.05, 4.69) is 5.32 Å². The van der Waals surface area contributed by atoms with E-state index in [0.717, 1.165) is 0 Å². The molecule has 0 saturated carbocycles. The van der Waals surface area contributed by atoms with Gasteiger partial charge in [-0.3, -0.25) is 0 Å². The van der Waals surface area contributed by atoms with Crippen molar-refractivity contribution in [1.82, 2.24) is 5.32 Å². The Bertz CT molecular complexity index is 152. The third-order valence-corrected chi connectivity index (χ3v) is 1.75. The van der Waals surface area contributed by atoms with Gasteiger partial charge in [-0.05, 0) is 13.8 Å². The first-order valence-electron chi connectivity index (χ1n) is 4.25. The Morgan fingerprint density at radius 1 is 1.75 bits per heavy atom. The van der Waals surface area contributed by atoms with E-state index in [1.165, 1.54) is 0 Å². The number of ether oxygens (including phenoxy) is 2. The molecule has 0 amide bonds. The molecule has 4 nitrogen and oxygen atoms in total. The molecule has 12 heavy (non-hydrogen) atoms. The van der Waals surface area contributed by atoms with E-state index >= 15 is 0 Å². The molecular formula is C8H15NO3. The van der Waals surface area contributed by atoms with E-state index in [4.69, 9.17) is 9.47 Å². The van der Waals surface area contributed by atoms with Gasteiger partial charge in [0.25, 0.3) is 0 Å². The number of morpholine rings is 1. The molecule has 1 aliphatic rings. The molecule has 70 valence electrons. The van der Waals surface area contributed by atoms with Crippen LogP contribution in [-0.2, 0) is 14.3 Å². The second kappa shape index (κ2) is 4.42. The summed E-state index contributed by atoms with van der Waals surface area (Å²) >= 11 is 0. The molecular weight excluding hydrogens is 158 g/mol. The van der Waals surface area contributed by atoms with Gasteiger partial charge in [0.2, 0.25) is 0 Å². The summed E-state index contributed by atoms with van der Waals surface area (Å²) < 4.78 is 10.1. The summed E-state index contributed by atoms with van der Waals surface area (Å²) in [7, 11) is 0. The molecule has 0 aliphatic carbocycles. The fraction of sp³-hybridized carbons (Fsp3) is 0.875. The summed E-state index contributed by atoms with van der Waals surface area (Å²) in [4.78, 5) is 11.1. The van der Waals surface area contributed by atoms with Crippen LogP contribution in [0.3, 0.4) is 0 Å². The molecule has 4 heteroatoms. The second-order valence-electron chi connectivity index (χ2n) is 2.88. The SMILES string of the molecule is CCOC(=O)C1CNC(C)CO1. The maximum atomic E-state index is 11.1. The lowest BCUT2D eigenvalue weighted by Crippen LogP contribution is -2.48. The van der Waals surface area contributed by atoms with Gasteiger partial charge in [-0.2, -0.15) is 0 Å². The molecule has 1 fully saturated rings. The summed E-state index contributed by atoms with van der Waals surface area (Å²) in [5.74, 6) is -0.267. The van der Waals surface area contributed by atoms with Crippen molar-refractivity contribution < 1.29 is 14.3 Å². The van der Waals surface area contributed by atoms with Crippen LogP contribution >= 0.6 is 0 Å². The van der Waals surface area contributed by atoms with Gasteiger partial charge in [-0.25, -0.2) is 4.79 Å². The van der Waals surface area contributed by atoms with Crippen LogP contribution in [0.15, 0.2) is 0 Å². The number of nitrogens with one attached hydrogen (secondary N) is 1. The number of rotatable bonds is 2. The molecule has 1 N–H and O–H groups in total. The molecule has 0 aromatic rings. The molecule has 0 bridgehead atoms. The number of esters is 1. The highest BCUT2D eigenvalue weighted by molar-refractivity contribution is 5.75. The second-order valence-corrected chi connectivity index (χ2v) is 2.88. The molecule has 1 aliphatic heterocycles. The lowest BCUT2D eigenvalue weighted by molar-refractivity contribution is -0.159. The number of hydrogen-bond donors (Lipinski definition) is 1. The Labute approximate surface area is 72.2 Å². The average molecular weight is 173 g/mol. The van der Waals surface area contributed by atoms with Gasteiger partial charge in [0.15, 0.2) is 6.10 Å². The van der Waals surface area contributed by atoms with E-state index in [1.54, 1.807) is 6.92 Å². The standard InChI is InChI=1S/C8H15NO3/c1-3-11-8(10)7-4-9-6(2)5-12-7/h6-7,9H,3-5H2,1-2H3. The zero-order chi connectivity index (χ0) is 8.97. The van der Waals surface area contributed by atoms with Gasteiger partial charge in [0.1, 0.15) is 0 Å². The Kier molecular flexibility index (Phi) is 3.49. The summed E-state index contributed by atoms with van der Waals surface area (Å²) in [6.45, 7) is 5.34. The predicted molar refractivity (Wildman–Crippen MR) is 43.8 cm³/mol. The minimum absolute atomic E-state index is 0.267. The molecule has 2 unspecified atom stereocenters. The number of carbonyl (C=O) groups excluding carboxylic acids is 1. The van der Waals surface area contributed by atoms with E-state index < -0.39 is 6.10 Å². The summed E-state index contributed by atoms with van der Waals surface area (Å²) in [5.41, 5.74) is 0. The highest BCUT2D eigenvalue weighted by atomic mass is 16.6. The van der Waals surface area contributed by atoms with Crippen LogP contribution in [0.1, 0.15) is 13.8 Å². The maximum Gasteiger partial charge on any atom is 0.336 e. The summed E-state index contributed by atoms with van der Waals surface area (Å²) in [6.07, 6.45) is -0.416. The van der Waals surface area contributed by atoms with Crippen molar-refractivity contribution in [1.29, 1.82) is 0 Å². The van der Waals surface area contributed by atoms with Crippen LogP contribution in [0.2, 0.25) is 0 Å². The average Bonchev–Trinajstić information content (AvgIpc) is 2.06. The van der Waals surface area contributed by atoms with Crippen LogP contribution in [-0.4, -0.2) is 37.9 Å². The van der Waals surface area contributed by atoms with E-state index in [9.17, 15) is 4.79 Å². The molecule has 0 spiro atoms. The van der Waals surface area contributed by atoms with Crippen molar-refractivity contribution in [3.05, 3.63) is 0 Å². The Morgan fingerprint density at radius 2 is 2.50 bits per heavy atom. The van der Waals surface area contributed by atoms with Crippen molar-refractivity contribution in [3.8, 4) is 0 Å². The third-order valence-electron chi connectivity index (χ3n) is 1.75. The number of hydrogen-bond acceptors (Lipinski definition) is 4. The Balaban J connectivity index is 2.29. The van der Waals surface area contributed by atoms with Crippen LogP contribution in [0.5, 0.6) is 0 Å². The van der Waals surface area contributed by atoms with Crippen molar-refractivity contribution >= 4 is 5.97 Å². The van der Waals surface area contributed by atoms with Gasteiger partial charge >= 0.3 is 5.97 Å². The molecule has 0 aromatic heterocycles. The third kappa shape index (κ3) is 2.46. The molecule has 2 atom stereocenters. The van der Waals surface area contributed by atoms with Crippen LogP contribution in [0, 0.1) is 0 Å². The quantitative estimate of drug-likeness (QED) is 0.594. The molecule has 1 saturated heterocycles. The lowest BCUT2D eigenvalue weighted by atomic mass is 10.2. The van der Waals surface area contributed by atoms with Gasteiger partial charge < -0.3 is 14.8 Å². The number of carbonyl (C=O) groups is 1. The van der Waals surface area contributed by atoms with E-state index in [-0.39, 0.29) is 5.97 Å². The minimum Gasteiger partial charge on any atom is -0.464 e. The van der Waals surface area contributed by atoms with Crippen LogP contribution < -0.4 is 5.32 Å². The Morgan fingerprint density at radius 3 is 3.00 bits per heavy atom. The summed E-state index contributed by atoms with van der Waals surface area (Å²) in [5, 5.41) is 3.15. The van der Waals surface area contributed by atoms with E-state index in [1.807, 2.05) is 6.92 Å². The predicted octanol–water partition coefficient (Wildman–Crippen LogP) is -0.0736. The first kappa shape index (κ1) is 9.48. The normalized spacial score (nSPS) is 29.8.